The van der Waals surface area contributed by atoms with Crippen molar-refractivity contribution in [2.24, 2.45) is 0 Å². The van der Waals surface area contributed by atoms with Gasteiger partial charge in [0, 0.05) is 17.6 Å². The Morgan fingerprint density at radius 1 is 0.971 bits per heavy atom. The molecule has 0 aliphatic heterocycles. The molecule has 1 N–H and O–H groups in total. The summed E-state index contributed by atoms with van der Waals surface area (Å²) in [5.41, 5.74) is 2.25. The number of rotatable bonds is 11. The van der Waals surface area contributed by atoms with Crippen LogP contribution in [0.5, 0.6) is 0 Å². The maximum absolute atomic E-state index is 13.6. The van der Waals surface area contributed by atoms with E-state index in [1.54, 1.807) is 36.4 Å². The molecule has 0 bridgehead atoms. The fourth-order valence-corrected chi connectivity index (χ4v) is 4.70. The summed E-state index contributed by atoms with van der Waals surface area (Å²) in [6, 6.07) is 13.3. The van der Waals surface area contributed by atoms with Gasteiger partial charge < -0.3 is 10.2 Å². The Hall–Kier alpha value is -2.58. The summed E-state index contributed by atoms with van der Waals surface area (Å²) in [6.45, 7) is 9.35. The number of hydrogen-bond donors (Lipinski definition) is 1. The van der Waals surface area contributed by atoms with Crippen LogP contribution in [0.2, 0.25) is 5.02 Å². The molecule has 2 aromatic rings. The summed E-state index contributed by atoms with van der Waals surface area (Å²) >= 11 is 6.01. The lowest BCUT2D eigenvalue weighted by molar-refractivity contribution is -0.140. The molecule has 0 aliphatic carbocycles. The Balaban J connectivity index is 2.42. The average Bonchev–Trinajstić information content (AvgIpc) is 2.77. The summed E-state index contributed by atoms with van der Waals surface area (Å²) < 4.78 is 26.5. The number of carbonyl (C=O) groups excluding carboxylic acids is 2. The van der Waals surface area contributed by atoms with Crippen LogP contribution < -0.4 is 9.62 Å². The first-order valence-electron chi connectivity index (χ1n) is 11.7. The van der Waals surface area contributed by atoms with Gasteiger partial charge in [-0.2, -0.15) is 0 Å². The smallest absolute Gasteiger partial charge is 0.244 e. The van der Waals surface area contributed by atoms with Crippen molar-refractivity contribution in [3.63, 3.8) is 0 Å². The van der Waals surface area contributed by atoms with E-state index in [1.165, 1.54) is 4.90 Å². The molecule has 7 nitrogen and oxygen atoms in total. The van der Waals surface area contributed by atoms with Gasteiger partial charge in [0.1, 0.15) is 12.6 Å². The quantitative estimate of drug-likeness (QED) is 0.469. The van der Waals surface area contributed by atoms with Gasteiger partial charge in [-0.05, 0) is 61.6 Å². The van der Waals surface area contributed by atoms with Gasteiger partial charge in [0.25, 0.3) is 0 Å². The number of carbonyl (C=O) groups is 2. The van der Waals surface area contributed by atoms with Gasteiger partial charge in [0.05, 0.1) is 11.9 Å². The molecule has 2 rings (SSSR count). The molecule has 0 aromatic heterocycles. The average molecular weight is 522 g/mol. The predicted octanol–water partition coefficient (Wildman–Crippen LogP) is 4.56. The summed E-state index contributed by atoms with van der Waals surface area (Å²) in [6.07, 6.45) is 1.45. The second kappa shape index (κ2) is 12.4. The molecule has 1 atom stereocenters. The number of nitrogens with one attached hydrogen (secondary N) is 1. The van der Waals surface area contributed by atoms with Crippen molar-refractivity contribution in [3.05, 3.63) is 64.7 Å². The van der Waals surface area contributed by atoms with Gasteiger partial charge in [0.15, 0.2) is 0 Å². The maximum atomic E-state index is 13.6. The monoisotopic (exact) mass is 521 g/mol. The van der Waals surface area contributed by atoms with Gasteiger partial charge in [-0.3, -0.25) is 13.9 Å². The van der Waals surface area contributed by atoms with Crippen LogP contribution in [0.25, 0.3) is 0 Å². The van der Waals surface area contributed by atoms with E-state index in [2.05, 4.69) is 19.2 Å². The third kappa shape index (κ3) is 8.25. The molecule has 9 heteroatoms. The number of amides is 2. The minimum atomic E-state index is -3.76. The summed E-state index contributed by atoms with van der Waals surface area (Å²) in [5, 5.41) is 3.43. The molecule has 0 saturated heterocycles. The van der Waals surface area contributed by atoms with Crippen molar-refractivity contribution >= 4 is 39.1 Å². The normalized spacial score (nSPS) is 12.5. The minimum Gasteiger partial charge on any atom is -0.352 e. The standard InChI is InChI=1S/C26H36ClN3O4S/c1-7-24(26(32)28-19(4)5)29(16-20-8-12-22(27)13-9-20)25(31)17-30(35(6,33)34)23-14-10-21(11-15-23)18(2)3/h8-15,18-19,24H,7,16-17H2,1-6H3,(H,28,32)/t24-/m1/s1. The van der Waals surface area contributed by atoms with E-state index in [0.717, 1.165) is 21.7 Å². The Morgan fingerprint density at radius 3 is 2.00 bits per heavy atom. The summed E-state index contributed by atoms with van der Waals surface area (Å²) in [5.74, 6) is -0.460. The lowest BCUT2D eigenvalue weighted by Crippen LogP contribution is -2.53. The van der Waals surface area contributed by atoms with E-state index in [-0.39, 0.29) is 24.4 Å². The fourth-order valence-electron chi connectivity index (χ4n) is 3.73. The van der Waals surface area contributed by atoms with Crippen molar-refractivity contribution < 1.29 is 18.0 Å². The Bertz CT molecular complexity index is 1100. The zero-order chi connectivity index (χ0) is 26.3. The zero-order valence-corrected chi connectivity index (χ0v) is 22.9. The second-order valence-electron chi connectivity index (χ2n) is 9.25. The maximum Gasteiger partial charge on any atom is 0.244 e. The third-order valence-electron chi connectivity index (χ3n) is 5.61. The number of sulfonamides is 1. The van der Waals surface area contributed by atoms with Crippen molar-refractivity contribution in [2.75, 3.05) is 17.1 Å². The largest absolute Gasteiger partial charge is 0.352 e. The molecule has 192 valence electrons. The van der Waals surface area contributed by atoms with Crippen molar-refractivity contribution in [1.82, 2.24) is 10.2 Å². The highest BCUT2D eigenvalue weighted by Gasteiger charge is 2.32. The van der Waals surface area contributed by atoms with Crippen molar-refractivity contribution in [2.45, 2.75) is 65.6 Å². The van der Waals surface area contributed by atoms with E-state index in [4.69, 9.17) is 11.6 Å². The van der Waals surface area contributed by atoms with Crippen LogP contribution in [0.1, 0.15) is 58.1 Å². The number of anilines is 1. The predicted molar refractivity (Wildman–Crippen MR) is 142 cm³/mol. The minimum absolute atomic E-state index is 0.101. The first kappa shape index (κ1) is 28.7. The molecule has 0 fully saturated rings. The lowest BCUT2D eigenvalue weighted by atomic mass is 10.0. The highest BCUT2D eigenvalue weighted by atomic mass is 35.5. The molecule has 0 radical (unpaired) electrons. The molecule has 2 amide bonds. The van der Waals surface area contributed by atoms with Crippen LogP contribution in [-0.4, -0.2) is 50.0 Å². The number of benzene rings is 2. The van der Waals surface area contributed by atoms with Gasteiger partial charge in [-0.15, -0.1) is 0 Å². The molecule has 2 aromatic carbocycles. The second-order valence-corrected chi connectivity index (χ2v) is 11.6. The van der Waals surface area contributed by atoms with Gasteiger partial charge in [0.2, 0.25) is 21.8 Å². The van der Waals surface area contributed by atoms with Crippen LogP contribution in [0.4, 0.5) is 5.69 Å². The molecule has 0 unspecified atom stereocenters. The molecular weight excluding hydrogens is 486 g/mol. The first-order valence-corrected chi connectivity index (χ1v) is 14.0. The number of halogens is 1. The van der Waals surface area contributed by atoms with Crippen LogP contribution in [0, 0.1) is 0 Å². The lowest BCUT2D eigenvalue weighted by Gasteiger charge is -2.33. The van der Waals surface area contributed by atoms with E-state index in [1.807, 2.05) is 32.9 Å². The van der Waals surface area contributed by atoms with Gasteiger partial charge in [-0.1, -0.05) is 56.6 Å². The van der Waals surface area contributed by atoms with E-state index in [0.29, 0.717) is 17.1 Å². The van der Waals surface area contributed by atoms with Gasteiger partial charge in [-0.25, -0.2) is 8.42 Å². The Morgan fingerprint density at radius 2 is 1.54 bits per heavy atom. The third-order valence-corrected chi connectivity index (χ3v) is 7.00. The van der Waals surface area contributed by atoms with Crippen LogP contribution in [0.15, 0.2) is 48.5 Å². The summed E-state index contributed by atoms with van der Waals surface area (Å²) in [4.78, 5) is 28.0. The SMILES string of the molecule is CC[C@H](C(=O)NC(C)C)N(Cc1ccc(Cl)cc1)C(=O)CN(c1ccc(C(C)C)cc1)S(C)(=O)=O. The molecule has 35 heavy (non-hydrogen) atoms. The highest BCUT2D eigenvalue weighted by Crippen LogP contribution is 2.23. The van der Waals surface area contributed by atoms with Crippen LogP contribution in [-0.2, 0) is 26.2 Å². The van der Waals surface area contributed by atoms with Gasteiger partial charge >= 0.3 is 0 Å². The van der Waals surface area contributed by atoms with E-state index < -0.39 is 28.5 Å². The molecular formula is C26H36ClN3O4S. The molecule has 0 saturated carbocycles. The Kier molecular flexibility index (Phi) is 10.2. The zero-order valence-electron chi connectivity index (χ0n) is 21.3. The van der Waals surface area contributed by atoms with Crippen LogP contribution in [0.3, 0.4) is 0 Å². The molecule has 0 heterocycles. The van der Waals surface area contributed by atoms with Crippen LogP contribution >= 0.6 is 11.6 Å². The number of nitrogens with zero attached hydrogens (tertiary/aromatic N) is 2. The number of hydrogen-bond acceptors (Lipinski definition) is 4. The summed E-state index contributed by atoms with van der Waals surface area (Å²) in [7, 11) is -3.76. The van der Waals surface area contributed by atoms with E-state index >= 15 is 0 Å². The highest BCUT2D eigenvalue weighted by molar-refractivity contribution is 7.92. The fraction of sp³-hybridized carbons (Fsp3) is 0.462. The van der Waals surface area contributed by atoms with Crippen molar-refractivity contribution in [3.8, 4) is 0 Å². The topological polar surface area (TPSA) is 86.8 Å². The van der Waals surface area contributed by atoms with E-state index in [9.17, 15) is 18.0 Å². The Labute approximate surface area is 214 Å². The van der Waals surface area contributed by atoms with Crippen molar-refractivity contribution in [1.29, 1.82) is 0 Å². The molecule has 0 aliphatic rings. The first-order chi connectivity index (χ1) is 16.3. The molecule has 0 spiro atoms.